The molecule has 112 valence electrons. The van der Waals surface area contributed by atoms with Gasteiger partial charge in [-0.25, -0.2) is 9.97 Å². The van der Waals surface area contributed by atoms with Gasteiger partial charge in [-0.15, -0.1) is 0 Å². The van der Waals surface area contributed by atoms with Gasteiger partial charge in [0.05, 0.1) is 5.39 Å². The molecule has 0 spiro atoms. The van der Waals surface area contributed by atoms with Crippen LogP contribution in [0, 0.1) is 5.92 Å². The number of benzene rings is 1. The molecule has 4 rings (SSSR count). The maximum atomic E-state index is 4.61. The second kappa shape index (κ2) is 5.44. The fraction of sp³-hybridized carbons (Fsp3) is 0.333. The van der Waals surface area contributed by atoms with E-state index in [4.69, 9.17) is 0 Å². The fourth-order valence-corrected chi connectivity index (χ4v) is 3.25. The number of hydrogen-bond donors (Lipinski definition) is 1. The maximum Gasteiger partial charge on any atom is 0.143 e. The minimum absolute atomic E-state index is 0.813. The topological polar surface area (TPSA) is 44.8 Å². The normalized spacial score (nSPS) is 16.3. The quantitative estimate of drug-likeness (QED) is 0.780. The zero-order valence-electron chi connectivity index (χ0n) is 12.8. The van der Waals surface area contributed by atoms with Crippen LogP contribution in [-0.4, -0.2) is 28.0 Å². The first-order chi connectivity index (χ1) is 10.8. The summed E-state index contributed by atoms with van der Waals surface area (Å²) in [7, 11) is 0. The van der Waals surface area contributed by atoms with Gasteiger partial charge in [0.15, 0.2) is 0 Å². The smallest absolute Gasteiger partial charge is 0.143 e. The Bertz CT molecular complexity index is 770. The Balaban J connectivity index is 1.83. The van der Waals surface area contributed by atoms with Gasteiger partial charge in [-0.3, -0.25) is 0 Å². The number of H-pyrrole nitrogens is 1. The van der Waals surface area contributed by atoms with Gasteiger partial charge in [-0.1, -0.05) is 37.3 Å². The minimum Gasteiger partial charge on any atom is -0.356 e. The van der Waals surface area contributed by atoms with Crippen LogP contribution in [0.15, 0.2) is 42.9 Å². The van der Waals surface area contributed by atoms with Crippen LogP contribution in [0.5, 0.6) is 0 Å². The summed E-state index contributed by atoms with van der Waals surface area (Å²) in [5.74, 6) is 1.88. The molecule has 22 heavy (non-hydrogen) atoms. The summed E-state index contributed by atoms with van der Waals surface area (Å²) in [6, 6.07) is 10.5. The molecule has 0 saturated carbocycles. The number of fused-ring (bicyclic) bond motifs is 1. The number of nitrogens with one attached hydrogen (secondary N) is 1. The summed E-state index contributed by atoms with van der Waals surface area (Å²) in [4.78, 5) is 14.7. The zero-order valence-corrected chi connectivity index (χ0v) is 12.8. The van der Waals surface area contributed by atoms with Crippen LogP contribution in [0.1, 0.15) is 19.8 Å². The van der Waals surface area contributed by atoms with Crippen molar-refractivity contribution in [2.75, 3.05) is 18.0 Å². The van der Waals surface area contributed by atoms with Crippen molar-refractivity contribution in [3.63, 3.8) is 0 Å². The number of rotatable bonds is 2. The third-order valence-electron chi connectivity index (χ3n) is 4.62. The van der Waals surface area contributed by atoms with Crippen molar-refractivity contribution in [2.45, 2.75) is 19.8 Å². The van der Waals surface area contributed by atoms with Crippen molar-refractivity contribution in [1.82, 2.24) is 15.0 Å². The van der Waals surface area contributed by atoms with Crippen LogP contribution in [-0.2, 0) is 0 Å². The maximum absolute atomic E-state index is 4.61. The van der Waals surface area contributed by atoms with Crippen LogP contribution in [0.4, 0.5) is 5.82 Å². The van der Waals surface area contributed by atoms with E-state index in [1.807, 2.05) is 12.3 Å². The Morgan fingerprint density at radius 3 is 2.64 bits per heavy atom. The van der Waals surface area contributed by atoms with E-state index in [-0.39, 0.29) is 0 Å². The molecule has 4 nitrogen and oxygen atoms in total. The number of anilines is 1. The van der Waals surface area contributed by atoms with E-state index >= 15 is 0 Å². The molecule has 1 fully saturated rings. The van der Waals surface area contributed by atoms with Crippen LogP contribution >= 0.6 is 0 Å². The molecule has 1 aliphatic rings. The summed E-state index contributed by atoms with van der Waals surface area (Å²) in [6.45, 7) is 4.48. The summed E-state index contributed by atoms with van der Waals surface area (Å²) in [6.07, 6.45) is 6.18. The third-order valence-corrected chi connectivity index (χ3v) is 4.62. The van der Waals surface area contributed by atoms with E-state index in [2.05, 4.69) is 51.0 Å². The van der Waals surface area contributed by atoms with Gasteiger partial charge in [0, 0.05) is 24.8 Å². The molecule has 0 aliphatic carbocycles. The van der Waals surface area contributed by atoms with Crippen LogP contribution in [0.3, 0.4) is 0 Å². The molecule has 2 aromatic heterocycles. The molecule has 0 bridgehead atoms. The molecule has 4 heteroatoms. The highest BCUT2D eigenvalue weighted by Gasteiger charge is 2.21. The van der Waals surface area contributed by atoms with Crippen LogP contribution in [0.25, 0.3) is 22.2 Å². The number of aromatic nitrogens is 3. The average molecular weight is 292 g/mol. The van der Waals surface area contributed by atoms with Crippen molar-refractivity contribution in [3.8, 4) is 11.1 Å². The van der Waals surface area contributed by atoms with E-state index < -0.39 is 0 Å². The lowest BCUT2D eigenvalue weighted by atomic mass is 9.98. The lowest BCUT2D eigenvalue weighted by molar-refractivity contribution is 0.437. The van der Waals surface area contributed by atoms with Gasteiger partial charge < -0.3 is 9.88 Å². The Morgan fingerprint density at radius 2 is 1.86 bits per heavy atom. The second-order valence-electron chi connectivity index (χ2n) is 6.16. The van der Waals surface area contributed by atoms with Gasteiger partial charge >= 0.3 is 0 Å². The predicted molar refractivity (Wildman–Crippen MR) is 89.9 cm³/mol. The van der Waals surface area contributed by atoms with E-state index in [0.29, 0.717) is 0 Å². The molecule has 1 saturated heterocycles. The molecule has 1 aliphatic heterocycles. The highest BCUT2D eigenvalue weighted by molar-refractivity contribution is 6.01. The van der Waals surface area contributed by atoms with Crippen molar-refractivity contribution < 1.29 is 0 Å². The monoisotopic (exact) mass is 292 g/mol. The first kappa shape index (κ1) is 13.3. The standard InChI is InChI=1S/C18H20N4/c1-13-7-9-22(10-8-13)18-16-15(14-5-3-2-4-6-14)11-19-17(16)20-12-21-18/h2-6,11-13H,7-10H2,1H3,(H,19,20,21). The van der Waals surface area contributed by atoms with Crippen LogP contribution < -0.4 is 4.90 Å². The molecule has 3 heterocycles. The Labute approximate surface area is 130 Å². The van der Waals surface area contributed by atoms with Gasteiger partial charge in [0.1, 0.15) is 17.8 Å². The van der Waals surface area contributed by atoms with Crippen molar-refractivity contribution in [3.05, 3.63) is 42.9 Å². The predicted octanol–water partition coefficient (Wildman–Crippen LogP) is 3.86. The summed E-state index contributed by atoms with van der Waals surface area (Å²) >= 11 is 0. The van der Waals surface area contributed by atoms with Crippen molar-refractivity contribution >= 4 is 16.9 Å². The lowest BCUT2D eigenvalue weighted by Gasteiger charge is -2.31. The first-order valence-electron chi connectivity index (χ1n) is 7.95. The molecular formula is C18H20N4. The van der Waals surface area contributed by atoms with Gasteiger partial charge in [-0.05, 0) is 24.3 Å². The first-order valence-corrected chi connectivity index (χ1v) is 7.95. The molecule has 1 aromatic carbocycles. The molecule has 0 radical (unpaired) electrons. The van der Waals surface area contributed by atoms with Gasteiger partial charge in [0.25, 0.3) is 0 Å². The lowest BCUT2D eigenvalue weighted by Crippen LogP contribution is -2.33. The van der Waals surface area contributed by atoms with E-state index in [1.165, 1.54) is 24.0 Å². The second-order valence-corrected chi connectivity index (χ2v) is 6.16. The van der Waals surface area contributed by atoms with E-state index in [0.717, 1.165) is 35.9 Å². The molecule has 0 amide bonds. The van der Waals surface area contributed by atoms with Gasteiger partial charge in [0.2, 0.25) is 0 Å². The van der Waals surface area contributed by atoms with Crippen molar-refractivity contribution in [1.29, 1.82) is 0 Å². The summed E-state index contributed by atoms with van der Waals surface area (Å²) in [5, 5.41) is 1.14. The minimum atomic E-state index is 0.813. The molecular weight excluding hydrogens is 272 g/mol. The fourth-order valence-electron chi connectivity index (χ4n) is 3.25. The SMILES string of the molecule is CC1CCN(c2ncnc3[nH]cc(-c4ccccc4)c23)CC1. The van der Waals surface area contributed by atoms with Crippen LogP contribution in [0.2, 0.25) is 0 Å². The van der Waals surface area contributed by atoms with E-state index in [9.17, 15) is 0 Å². The third kappa shape index (κ3) is 2.25. The number of aromatic amines is 1. The Hall–Kier alpha value is -2.36. The molecule has 0 atom stereocenters. The highest BCUT2D eigenvalue weighted by atomic mass is 15.2. The average Bonchev–Trinajstić information content (AvgIpc) is 3.00. The summed E-state index contributed by atoms with van der Waals surface area (Å²) in [5.41, 5.74) is 3.31. The number of hydrogen-bond acceptors (Lipinski definition) is 3. The van der Waals surface area contributed by atoms with E-state index in [1.54, 1.807) is 6.33 Å². The molecule has 0 unspecified atom stereocenters. The Kier molecular flexibility index (Phi) is 3.29. The largest absolute Gasteiger partial charge is 0.356 e. The van der Waals surface area contributed by atoms with Gasteiger partial charge in [-0.2, -0.15) is 0 Å². The molecule has 1 N–H and O–H groups in total. The zero-order chi connectivity index (χ0) is 14.9. The Morgan fingerprint density at radius 1 is 1.09 bits per heavy atom. The summed E-state index contributed by atoms with van der Waals surface area (Å²) < 4.78 is 0. The number of piperidine rings is 1. The molecule has 3 aromatic rings. The highest BCUT2D eigenvalue weighted by Crippen LogP contribution is 2.34. The van der Waals surface area contributed by atoms with Crippen molar-refractivity contribution in [2.24, 2.45) is 5.92 Å². The number of nitrogens with zero attached hydrogens (tertiary/aromatic N) is 3.